The molecule has 2 aromatic heterocycles. The van der Waals surface area contributed by atoms with Gasteiger partial charge < -0.3 is 19.7 Å². The number of carbonyl (C=O) groups is 1. The van der Waals surface area contributed by atoms with Crippen molar-refractivity contribution in [3.05, 3.63) is 41.1 Å². The van der Waals surface area contributed by atoms with Gasteiger partial charge in [-0.1, -0.05) is 6.07 Å². The minimum Gasteiger partial charge on any atom is -0.479 e. The van der Waals surface area contributed by atoms with Gasteiger partial charge in [0, 0.05) is 43.6 Å². The highest BCUT2D eigenvalue weighted by atomic mass is 16.5. The molecule has 0 radical (unpaired) electrons. The summed E-state index contributed by atoms with van der Waals surface area (Å²) in [5, 5.41) is 8.33. The molecule has 8 nitrogen and oxygen atoms in total. The summed E-state index contributed by atoms with van der Waals surface area (Å²) < 4.78 is 12.6. The van der Waals surface area contributed by atoms with E-state index in [1.165, 1.54) is 0 Å². The van der Waals surface area contributed by atoms with Crippen LogP contribution in [0.2, 0.25) is 0 Å². The SMILES string of the molecule is COc1nn(C)c2nc(C)c(CCC(=O)Nc3cccc(N4CCOCC4)c3)c(C)c12. The molecule has 1 fully saturated rings. The molecule has 1 N–H and O–H groups in total. The zero-order chi connectivity index (χ0) is 22.0. The second-order valence-corrected chi connectivity index (χ2v) is 7.83. The average molecular weight is 424 g/mol. The lowest BCUT2D eigenvalue weighted by Gasteiger charge is -2.29. The number of carbonyl (C=O) groups excluding carboxylic acids is 1. The van der Waals surface area contributed by atoms with E-state index in [1.54, 1.807) is 11.8 Å². The van der Waals surface area contributed by atoms with Gasteiger partial charge in [0.1, 0.15) is 0 Å². The fourth-order valence-electron chi connectivity index (χ4n) is 4.17. The fourth-order valence-corrected chi connectivity index (χ4v) is 4.17. The van der Waals surface area contributed by atoms with Gasteiger partial charge in [0.05, 0.1) is 25.7 Å². The van der Waals surface area contributed by atoms with Crippen molar-refractivity contribution in [3.8, 4) is 5.88 Å². The highest BCUT2D eigenvalue weighted by molar-refractivity contribution is 5.92. The van der Waals surface area contributed by atoms with Crippen LogP contribution in [0.5, 0.6) is 5.88 Å². The minimum atomic E-state index is -0.0174. The number of benzene rings is 1. The van der Waals surface area contributed by atoms with Gasteiger partial charge in [0.2, 0.25) is 11.8 Å². The molecule has 164 valence electrons. The molecule has 0 unspecified atom stereocenters. The van der Waals surface area contributed by atoms with Crippen molar-refractivity contribution < 1.29 is 14.3 Å². The van der Waals surface area contributed by atoms with E-state index in [2.05, 4.69) is 21.4 Å². The standard InChI is InChI=1S/C23H29N5O3/c1-15-19(16(2)24-22-21(15)23(30-4)26-27(22)3)8-9-20(29)25-17-6-5-7-18(14-17)28-10-12-31-13-11-28/h5-7,14H,8-13H2,1-4H3,(H,25,29). The Kier molecular flexibility index (Phi) is 6.08. The van der Waals surface area contributed by atoms with Gasteiger partial charge in [-0.15, -0.1) is 5.10 Å². The monoisotopic (exact) mass is 423 g/mol. The maximum absolute atomic E-state index is 12.7. The number of pyridine rings is 1. The van der Waals surface area contributed by atoms with E-state index >= 15 is 0 Å². The van der Waals surface area contributed by atoms with Gasteiger partial charge in [0.15, 0.2) is 5.65 Å². The van der Waals surface area contributed by atoms with Gasteiger partial charge in [-0.25, -0.2) is 9.67 Å². The molecule has 8 heteroatoms. The number of hydrogen-bond acceptors (Lipinski definition) is 6. The molecule has 0 spiro atoms. The predicted octanol–water partition coefficient (Wildman–Crippen LogP) is 3.00. The summed E-state index contributed by atoms with van der Waals surface area (Å²) in [6.45, 7) is 7.21. The van der Waals surface area contributed by atoms with Crippen molar-refractivity contribution in [3.63, 3.8) is 0 Å². The number of nitrogens with zero attached hydrogens (tertiary/aromatic N) is 4. The smallest absolute Gasteiger partial charge is 0.242 e. The van der Waals surface area contributed by atoms with Gasteiger partial charge in [0.25, 0.3) is 0 Å². The molecule has 3 heterocycles. The highest BCUT2D eigenvalue weighted by Crippen LogP contribution is 2.30. The third-order valence-corrected chi connectivity index (χ3v) is 5.82. The van der Waals surface area contributed by atoms with Crippen LogP contribution in [0.25, 0.3) is 11.0 Å². The van der Waals surface area contributed by atoms with Crippen LogP contribution >= 0.6 is 0 Å². The first-order valence-electron chi connectivity index (χ1n) is 10.6. The molecule has 0 bridgehead atoms. The van der Waals surface area contributed by atoms with Crippen LogP contribution in [0, 0.1) is 13.8 Å². The van der Waals surface area contributed by atoms with Crippen LogP contribution in [0.3, 0.4) is 0 Å². The van der Waals surface area contributed by atoms with Gasteiger partial charge in [-0.3, -0.25) is 4.79 Å². The number of anilines is 2. The number of methoxy groups -OCH3 is 1. The van der Waals surface area contributed by atoms with Crippen LogP contribution in [-0.2, 0) is 23.0 Å². The molecule has 0 saturated carbocycles. The van der Waals surface area contributed by atoms with Crippen molar-refractivity contribution in [2.45, 2.75) is 26.7 Å². The van der Waals surface area contributed by atoms with E-state index < -0.39 is 0 Å². The molecule has 1 aliphatic rings. The Balaban J connectivity index is 1.46. The summed E-state index contributed by atoms with van der Waals surface area (Å²) in [7, 11) is 3.47. The maximum atomic E-state index is 12.7. The van der Waals surface area contributed by atoms with Crippen molar-refractivity contribution in [1.29, 1.82) is 0 Å². The molecule has 0 atom stereocenters. The third kappa shape index (κ3) is 4.34. The Hall–Kier alpha value is -3.13. The van der Waals surface area contributed by atoms with Crippen LogP contribution in [0.1, 0.15) is 23.2 Å². The number of aryl methyl sites for hydroxylation is 3. The maximum Gasteiger partial charge on any atom is 0.242 e. The Morgan fingerprint density at radius 2 is 2.03 bits per heavy atom. The van der Waals surface area contributed by atoms with E-state index in [-0.39, 0.29) is 5.91 Å². The highest BCUT2D eigenvalue weighted by Gasteiger charge is 2.19. The van der Waals surface area contributed by atoms with Crippen LogP contribution in [-0.4, -0.2) is 54.1 Å². The second kappa shape index (κ2) is 8.93. The Morgan fingerprint density at radius 3 is 2.77 bits per heavy atom. The molecular weight excluding hydrogens is 394 g/mol. The van der Waals surface area contributed by atoms with Gasteiger partial charge in [-0.2, -0.15) is 0 Å². The lowest BCUT2D eigenvalue weighted by molar-refractivity contribution is -0.116. The number of ether oxygens (including phenoxy) is 2. The molecule has 3 aromatic rings. The van der Waals surface area contributed by atoms with E-state index in [9.17, 15) is 4.79 Å². The lowest BCUT2D eigenvalue weighted by atomic mass is 10.00. The number of nitrogens with one attached hydrogen (secondary N) is 1. The first-order valence-corrected chi connectivity index (χ1v) is 10.6. The molecule has 31 heavy (non-hydrogen) atoms. The molecule has 1 saturated heterocycles. The Morgan fingerprint density at radius 1 is 1.26 bits per heavy atom. The topological polar surface area (TPSA) is 81.5 Å². The van der Waals surface area contributed by atoms with E-state index in [1.807, 2.05) is 39.1 Å². The Bertz CT molecular complexity index is 1100. The minimum absolute atomic E-state index is 0.0174. The molecule has 4 rings (SSSR count). The summed E-state index contributed by atoms with van der Waals surface area (Å²) in [6, 6.07) is 7.98. The number of rotatable bonds is 6. The number of hydrogen-bond donors (Lipinski definition) is 1. The van der Waals surface area contributed by atoms with E-state index in [4.69, 9.17) is 14.5 Å². The summed E-state index contributed by atoms with van der Waals surface area (Å²) in [6.07, 6.45) is 0.979. The number of morpholine rings is 1. The number of fused-ring (bicyclic) bond motifs is 1. The quantitative estimate of drug-likeness (QED) is 0.656. The van der Waals surface area contributed by atoms with E-state index in [0.29, 0.717) is 18.7 Å². The summed E-state index contributed by atoms with van der Waals surface area (Å²) >= 11 is 0. The van der Waals surface area contributed by atoms with Crippen molar-refractivity contribution in [2.24, 2.45) is 7.05 Å². The predicted molar refractivity (Wildman–Crippen MR) is 121 cm³/mol. The molecule has 1 aliphatic heterocycles. The summed E-state index contributed by atoms with van der Waals surface area (Å²) in [5.41, 5.74) is 5.75. The van der Waals surface area contributed by atoms with Gasteiger partial charge in [-0.05, 0) is 49.6 Å². The largest absolute Gasteiger partial charge is 0.479 e. The zero-order valence-corrected chi connectivity index (χ0v) is 18.6. The molecule has 1 amide bonds. The number of amides is 1. The van der Waals surface area contributed by atoms with Crippen molar-refractivity contribution in [1.82, 2.24) is 14.8 Å². The molecular formula is C23H29N5O3. The molecule has 1 aromatic carbocycles. The third-order valence-electron chi connectivity index (χ3n) is 5.82. The van der Waals surface area contributed by atoms with Gasteiger partial charge >= 0.3 is 0 Å². The fraction of sp³-hybridized carbons (Fsp3) is 0.435. The van der Waals surface area contributed by atoms with Crippen LogP contribution < -0.4 is 15.0 Å². The van der Waals surface area contributed by atoms with Crippen molar-refractivity contribution >= 4 is 28.3 Å². The normalized spacial score (nSPS) is 14.1. The lowest BCUT2D eigenvalue weighted by Crippen LogP contribution is -2.36. The first kappa shape index (κ1) is 21.1. The summed E-state index contributed by atoms with van der Waals surface area (Å²) in [5.74, 6) is 0.546. The molecule has 0 aliphatic carbocycles. The number of aromatic nitrogens is 3. The first-order chi connectivity index (χ1) is 15.0. The summed E-state index contributed by atoms with van der Waals surface area (Å²) in [4.78, 5) is 19.7. The second-order valence-electron chi connectivity index (χ2n) is 7.83. The van der Waals surface area contributed by atoms with Crippen molar-refractivity contribution in [2.75, 3.05) is 43.6 Å². The average Bonchev–Trinajstić information content (AvgIpc) is 3.10. The van der Waals surface area contributed by atoms with E-state index in [0.717, 1.165) is 65.5 Å². The zero-order valence-electron chi connectivity index (χ0n) is 18.6. The Labute approximate surface area is 182 Å². The van der Waals surface area contributed by atoms with Crippen LogP contribution in [0.4, 0.5) is 11.4 Å². The van der Waals surface area contributed by atoms with Crippen LogP contribution in [0.15, 0.2) is 24.3 Å².